The van der Waals surface area contributed by atoms with E-state index in [1.54, 1.807) is 0 Å². The second-order valence-corrected chi connectivity index (χ2v) is 3.74. The molecule has 17 heavy (non-hydrogen) atoms. The van der Waals surface area contributed by atoms with E-state index in [-0.39, 0.29) is 21.7 Å². The van der Waals surface area contributed by atoms with Gasteiger partial charge < -0.3 is 4.74 Å². The van der Waals surface area contributed by atoms with E-state index in [0.29, 0.717) is 0 Å². The van der Waals surface area contributed by atoms with E-state index in [4.69, 9.17) is 16.3 Å². The number of benzene rings is 1. The number of halogens is 4. The quantitative estimate of drug-likeness (QED) is 0.816. The molecule has 0 saturated heterocycles. The van der Waals surface area contributed by atoms with Crippen LogP contribution in [0.5, 0.6) is 5.75 Å². The molecule has 0 aliphatic heterocycles. The fourth-order valence-electron chi connectivity index (χ4n) is 1.51. The molecule has 0 radical (unpaired) electrons. The lowest BCUT2D eigenvalue weighted by atomic mass is 10.2. The maximum Gasteiger partial charge on any atom is 0.280 e. The Balaban J connectivity index is 2.81. The molecule has 0 spiro atoms. The molecular formula is C11H7ClF3NO. The molecule has 0 bridgehead atoms. The third-order valence-corrected chi connectivity index (χ3v) is 2.57. The molecule has 90 valence electrons. The molecule has 1 aromatic heterocycles. The van der Waals surface area contributed by atoms with E-state index in [2.05, 4.69) is 4.98 Å². The number of hydrogen-bond acceptors (Lipinski definition) is 2. The van der Waals surface area contributed by atoms with Crippen LogP contribution in [0.1, 0.15) is 12.1 Å². The first-order valence-corrected chi connectivity index (χ1v) is 5.02. The number of hydrogen-bond donors (Lipinski definition) is 0. The van der Waals surface area contributed by atoms with Gasteiger partial charge in [-0.25, -0.2) is 18.2 Å². The van der Waals surface area contributed by atoms with Crippen LogP contribution in [0.15, 0.2) is 18.2 Å². The minimum Gasteiger partial charge on any atom is -0.494 e. The highest BCUT2D eigenvalue weighted by molar-refractivity contribution is 6.35. The van der Waals surface area contributed by atoms with Gasteiger partial charge in [-0.2, -0.15) is 0 Å². The average Bonchev–Trinajstić information content (AvgIpc) is 2.28. The van der Waals surface area contributed by atoms with Crippen LogP contribution in [0.25, 0.3) is 10.9 Å². The summed E-state index contributed by atoms with van der Waals surface area (Å²) in [6.07, 6.45) is -2.74. The first-order valence-electron chi connectivity index (χ1n) is 4.64. The fourth-order valence-corrected chi connectivity index (χ4v) is 1.76. The van der Waals surface area contributed by atoms with Gasteiger partial charge in [-0.1, -0.05) is 11.6 Å². The van der Waals surface area contributed by atoms with Gasteiger partial charge in [-0.15, -0.1) is 0 Å². The first-order chi connectivity index (χ1) is 8.02. The van der Waals surface area contributed by atoms with E-state index in [1.165, 1.54) is 7.11 Å². The summed E-state index contributed by atoms with van der Waals surface area (Å²) >= 11 is 5.81. The Morgan fingerprint density at radius 3 is 2.59 bits per heavy atom. The maximum absolute atomic E-state index is 13.2. The second-order valence-electron chi connectivity index (χ2n) is 3.33. The summed E-state index contributed by atoms with van der Waals surface area (Å²) < 4.78 is 43.2. The van der Waals surface area contributed by atoms with Gasteiger partial charge in [-0.05, 0) is 12.1 Å². The molecule has 0 unspecified atom stereocenters. The van der Waals surface area contributed by atoms with Crippen molar-refractivity contribution in [3.63, 3.8) is 0 Å². The highest BCUT2D eigenvalue weighted by atomic mass is 35.5. The number of alkyl halides is 2. The summed E-state index contributed by atoms with van der Waals surface area (Å²) in [5, 5.41) is 0.260. The van der Waals surface area contributed by atoms with Gasteiger partial charge in [0.1, 0.15) is 22.8 Å². The van der Waals surface area contributed by atoms with Gasteiger partial charge in [0.05, 0.1) is 12.1 Å². The lowest BCUT2D eigenvalue weighted by molar-refractivity contribution is 0.146. The van der Waals surface area contributed by atoms with E-state index < -0.39 is 17.9 Å². The first kappa shape index (κ1) is 12.0. The summed E-state index contributed by atoms with van der Waals surface area (Å²) in [5.41, 5.74) is -0.343. The normalized spacial score (nSPS) is 11.2. The Bertz CT molecular complexity index is 574. The number of nitrogens with zero attached hydrogens (tertiary/aromatic N) is 1. The molecule has 0 atom stereocenters. The van der Waals surface area contributed by atoms with Crippen molar-refractivity contribution >= 4 is 22.5 Å². The van der Waals surface area contributed by atoms with Crippen molar-refractivity contribution in [1.82, 2.24) is 4.98 Å². The molecule has 1 heterocycles. The summed E-state index contributed by atoms with van der Waals surface area (Å²) in [6.45, 7) is 0. The van der Waals surface area contributed by atoms with Crippen molar-refractivity contribution in [3.05, 3.63) is 34.7 Å². The Morgan fingerprint density at radius 2 is 2.00 bits per heavy atom. The lowest BCUT2D eigenvalue weighted by Crippen LogP contribution is -1.95. The maximum atomic E-state index is 13.2. The highest BCUT2D eigenvalue weighted by Crippen LogP contribution is 2.33. The standard InChI is InChI=1S/C11H7ClF3NO/c1-17-9-3-5(13)2-6-7(12)4-8(11(14)15)16-10(6)9/h2-4,11H,1H3. The number of rotatable bonds is 2. The van der Waals surface area contributed by atoms with Gasteiger partial charge in [0, 0.05) is 11.5 Å². The predicted octanol–water partition coefficient (Wildman–Crippen LogP) is 3.97. The van der Waals surface area contributed by atoms with Crippen LogP contribution in [0.4, 0.5) is 13.2 Å². The zero-order valence-corrected chi connectivity index (χ0v) is 9.43. The molecule has 2 aromatic rings. The third kappa shape index (κ3) is 2.15. The van der Waals surface area contributed by atoms with Crippen molar-refractivity contribution in [2.75, 3.05) is 7.11 Å². The topological polar surface area (TPSA) is 22.1 Å². The van der Waals surface area contributed by atoms with Crippen molar-refractivity contribution in [3.8, 4) is 5.75 Å². The molecule has 0 amide bonds. The zero-order chi connectivity index (χ0) is 12.6. The highest BCUT2D eigenvalue weighted by Gasteiger charge is 2.15. The van der Waals surface area contributed by atoms with Gasteiger partial charge >= 0.3 is 0 Å². The van der Waals surface area contributed by atoms with Crippen LogP contribution in [0.3, 0.4) is 0 Å². The minimum absolute atomic E-state index is 0.0168. The number of aromatic nitrogens is 1. The van der Waals surface area contributed by atoms with Crippen LogP contribution in [-0.2, 0) is 0 Å². The number of pyridine rings is 1. The Kier molecular flexibility index (Phi) is 3.11. The number of methoxy groups -OCH3 is 1. The van der Waals surface area contributed by atoms with Crippen LogP contribution in [0.2, 0.25) is 5.02 Å². The van der Waals surface area contributed by atoms with E-state index in [9.17, 15) is 13.2 Å². The molecule has 2 nitrogen and oxygen atoms in total. The second kappa shape index (κ2) is 4.41. The van der Waals surface area contributed by atoms with E-state index in [1.807, 2.05) is 0 Å². The van der Waals surface area contributed by atoms with Crippen molar-refractivity contribution < 1.29 is 17.9 Å². The van der Waals surface area contributed by atoms with Crippen LogP contribution in [-0.4, -0.2) is 12.1 Å². The minimum atomic E-state index is -2.74. The molecule has 0 N–H and O–H groups in total. The van der Waals surface area contributed by atoms with Crippen LogP contribution >= 0.6 is 11.6 Å². The Hall–Kier alpha value is -1.49. The van der Waals surface area contributed by atoms with Gasteiger partial charge in [0.25, 0.3) is 6.43 Å². The SMILES string of the molecule is COc1cc(F)cc2c(Cl)cc(C(F)F)nc12. The monoisotopic (exact) mass is 261 g/mol. The summed E-state index contributed by atoms with van der Waals surface area (Å²) in [5.74, 6) is -0.493. The molecule has 0 aliphatic rings. The summed E-state index contributed by atoms with van der Waals surface area (Å²) in [6, 6.07) is 3.22. The average molecular weight is 262 g/mol. The lowest BCUT2D eigenvalue weighted by Gasteiger charge is -2.08. The molecule has 6 heteroatoms. The van der Waals surface area contributed by atoms with E-state index >= 15 is 0 Å². The van der Waals surface area contributed by atoms with Gasteiger partial charge in [0.15, 0.2) is 0 Å². The van der Waals surface area contributed by atoms with Crippen LogP contribution < -0.4 is 4.74 Å². The molecular weight excluding hydrogens is 255 g/mol. The Morgan fingerprint density at radius 1 is 1.29 bits per heavy atom. The molecule has 0 aliphatic carbocycles. The van der Waals surface area contributed by atoms with Gasteiger partial charge in [-0.3, -0.25) is 0 Å². The number of fused-ring (bicyclic) bond motifs is 1. The summed E-state index contributed by atoms with van der Waals surface area (Å²) in [4.78, 5) is 3.72. The molecule has 2 rings (SSSR count). The van der Waals surface area contributed by atoms with Crippen molar-refractivity contribution in [2.24, 2.45) is 0 Å². The Labute approximate surface area is 100.0 Å². The fraction of sp³-hybridized carbons (Fsp3) is 0.182. The van der Waals surface area contributed by atoms with Gasteiger partial charge in [0.2, 0.25) is 0 Å². The largest absolute Gasteiger partial charge is 0.494 e. The van der Waals surface area contributed by atoms with E-state index in [0.717, 1.165) is 18.2 Å². The zero-order valence-electron chi connectivity index (χ0n) is 8.68. The molecule has 0 saturated carbocycles. The number of ether oxygens (including phenoxy) is 1. The van der Waals surface area contributed by atoms with Crippen molar-refractivity contribution in [1.29, 1.82) is 0 Å². The predicted molar refractivity (Wildman–Crippen MR) is 58.2 cm³/mol. The summed E-state index contributed by atoms with van der Waals surface area (Å²) in [7, 11) is 1.30. The molecule has 0 fully saturated rings. The molecule has 1 aromatic carbocycles. The van der Waals surface area contributed by atoms with Crippen molar-refractivity contribution in [2.45, 2.75) is 6.43 Å². The smallest absolute Gasteiger partial charge is 0.280 e. The van der Waals surface area contributed by atoms with Crippen LogP contribution in [0, 0.1) is 5.82 Å². The third-order valence-electron chi connectivity index (χ3n) is 2.26.